The van der Waals surface area contributed by atoms with Crippen molar-refractivity contribution in [2.24, 2.45) is 0 Å². The van der Waals surface area contributed by atoms with Crippen LogP contribution in [-0.4, -0.2) is 21.0 Å². The second kappa shape index (κ2) is 5.05. The molecule has 2 aromatic rings. The highest BCUT2D eigenvalue weighted by Crippen LogP contribution is 2.21. The first-order chi connectivity index (χ1) is 8.16. The van der Waals surface area contributed by atoms with Crippen molar-refractivity contribution in [2.45, 2.75) is 17.8 Å². The van der Waals surface area contributed by atoms with Gasteiger partial charge in [-0.3, -0.25) is 0 Å². The molecular weight excluding hydrogens is 236 g/mol. The van der Waals surface area contributed by atoms with Crippen molar-refractivity contribution >= 4 is 17.7 Å². The van der Waals surface area contributed by atoms with Crippen LogP contribution in [0.15, 0.2) is 35.7 Å². The van der Waals surface area contributed by atoms with Gasteiger partial charge in [-0.05, 0) is 30.2 Å². The van der Waals surface area contributed by atoms with Crippen LogP contribution in [0.4, 0.5) is 0 Å². The normalized spacial score (nSPS) is 10.4. The first-order valence-corrected chi connectivity index (χ1v) is 6.10. The number of carboxylic acids is 1. The molecule has 0 unspecified atom stereocenters. The van der Waals surface area contributed by atoms with Crippen LogP contribution < -0.4 is 0 Å². The van der Waals surface area contributed by atoms with Gasteiger partial charge in [-0.25, -0.2) is 9.78 Å². The number of aromatic nitrogens is 2. The molecule has 0 saturated heterocycles. The Bertz CT molecular complexity index is 523. The minimum absolute atomic E-state index is 0.328. The Morgan fingerprint density at radius 2 is 2.35 bits per heavy atom. The number of thioether (sulfide) groups is 1. The number of hydrogen-bond acceptors (Lipinski definition) is 3. The Morgan fingerprint density at radius 1 is 1.53 bits per heavy atom. The number of carbonyl (C=O) groups is 1. The number of hydrogen-bond donors (Lipinski definition) is 2. The molecule has 2 rings (SSSR count). The second-order valence-electron chi connectivity index (χ2n) is 3.63. The number of aromatic carboxylic acids is 1. The molecule has 1 aromatic heterocycles. The fourth-order valence-corrected chi connectivity index (χ4v) is 2.37. The van der Waals surface area contributed by atoms with Crippen LogP contribution in [0.25, 0.3) is 0 Å². The summed E-state index contributed by atoms with van der Waals surface area (Å²) < 4.78 is 0. The van der Waals surface area contributed by atoms with E-state index in [1.807, 2.05) is 13.0 Å². The second-order valence-corrected chi connectivity index (χ2v) is 4.59. The molecular formula is C12H12N2O2S. The van der Waals surface area contributed by atoms with E-state index in [-0.39, 0.29) is 0 Å². The van der Waals surface area contributed by atoms with Crippen molar-refractivity contribution in [2.75, 3.05) is 0 Å². The molecule has 0 bridgehead atoms. The fraction of sp³-hybridized carbons (Fsp3) is 0.167. The lowest BCUT2D eigenvalue weighted by Crippen LogP contribution is -1.98. The van der Waals surface area contributed by atoms with Gasteiger partial charge < -0.3 is 10.1 Å². The summed E-state index contributed by atoms with van der Waals surface area (Å²) in [6, 6.07) is 5.18. The number of benzene rings is 1. The summed E-state index contributed by atoms with van der Waals surface area (Å²) in [5, 5.41) is 9.73. The predicted octanol–water partition coefficient (Wildman–Crippen LogP) is 2.71. The topological polar surface area (TPSA) is 66.0 Å². The summed E-state index contributed by atoms with van der Waals surface area (Å²) in [7, 11) is 0. The van der Waals surface area contributed by atoms with Crippen molar-refractivity contribution in [3.63, 3.8) is 0 Å². The fourth-order valence-electron chi connectivity index (χ4n) is 1.47. The summed E-state index contributed by atoms with van der Waals surface area (Å²) >= 11 is 1.59. The first-order valence-electron chi connectivity index (χ1n) is 5.12. The van der Waals surface area contributed by atoms with Gasteiger partial charge in [0.25, 0.3) is 0 Å². The lowest BCUT2D eigenvalue weighted by molar-refractivity contribution is 0.0697. The van der Waals surface area contributed by atoms with Gasteiger partial charge in [0.05, 0.1) is 5.56 Å². The number of nitrogens with zero attached hydrogens (tertiary/aromatic N) is 1. The maximum atomic E-state index is 10.8. The molecule has 1 aromatic carbocycles. The summed E-state index contributed by atoms with van der Waals surface area (Å²) in [5.74, 6) is -0.113. The zero-order valence-electron chi connectivity index (χ0n) is 9.30. The molecule has 0 fully saturated rings. The standard InChI is InChI=1S/C12H12N2O2S/c1-8-6-9(11(15)16)2-3-10(8)7-17-12-13-4-5-14-12/h2-6H,7H2,1H3,(H,13,14)(H,15,16). The number of rotatable bonds is 4. The maximum absolute atomic E-state index is 10.8. The minimum atomic E-state index is -0.890. The third-order valence-corrected chi connectivity index (χ3v) is 3.38. The Labute approximate surface area is 103 Å². The van der Waals surface area contributed by atoms with Crippen LogP contribution in [0.5, 0.6) is 0 Å². The lowest BCUT2D eigenvalue weighted by Gasteiger charge is -2.05. The van der Waals surface area contributed by atoms with Gasteiger partial charge in [0.2, 0.25) is 0 Å². The highest BCUT2D eigenvalue weighted by molar-refractivity contribution is 7.98. The van der Waals surface area contributed by atoms with E-state index < -0.39 is 5.97 Å². The van der Waals surface area contributed by atoms with Crippen LogP contribution in [0, 0.1) is 6.92 Å². The molecule has 0 radical (unpaired) electrons. The molecule has 0 aliphatic rings. The first kappa shape index (κ1) is 11.7. The Morgan fingerprint density at radius 3 is 2.94 bits per heavy atom. The van der Waals surface area contributed by atoms with E-state index in [1.165, 1.54) is 0 Å². The highest BCUT2D eigenvalue weighted by atomic mass is 32.2. The maximum Gasteiger partial charge on any atom is 0.335 e. The van der Waals surface area contributed by atoms with Crippen LogP contribution in [0.1, 0.15) is 21.5 Å². The van der Waals surface area contributed by atoms with Crippen LogP contribution in [0.3, 0.4) is 0 Å². The molecule has 88 valence electrons. The SMILES string of the molecule is Cc1cc(C(=O)O)ccc1CSc1ncc[nH]1. The third kappa shape index (κ3) is 2.88. The van der Waals surface area contributed by atoms with Crippen molar-refractivity contribution in [3.8, 4) is 0 Å². The molecule has 0 spiro atoms. The molecule has 0 amide bonds. The van der Waals surface area contributed by atoms with Crippen molar-refractivity contribution in [1.82, 2.24) is 9.97 Å². The molecule has 0 aliphatic heterocycles. The molecule has 1 heterocycles. The third-order valence-electron chi connectivity index (χ3n) is 2.43. The van der Waals surface area contributed by atoms with Gasteiger partial charge in [-0.15, -0.1) is 0 Å². The molecule has 0 saturated carbocycles. The number of aromatic amines is 1. The average molecular weight is 248 g/mol. The van der Waals surface area contributed by atoms with E-state index in [2.05, 4.69) is 9.97 Å². The van der Waals surface area contributed by atoms with Gasteiger partial charge in [0.1, 0.15) is 0 Å². The lowest BCUT2D eigenvalue weighted by atomic mass is 10.1. The summed E-state index contributed by atoms with van der Waals surface area (Å²) in [4.78, 5) is 17.9. The Hall–Kier alpha value is -1.75. The van der Waals surface area contributed by atoms with Gasteiger partial charge in [-0.1, -0.05) is 17.8 Å². The van der Waals surface area contributed by atoms with E-state index in [1.54, 1.807) is 36.3 Å². The van der Waals surface area contributed by atoms with Gasteiger partial charge in [-0.2, -0.15) is 0 Å². The van der Waals surface area contributed by atoms with Crippen molar-refractivity contribution in [3.05, 3.63) is 47.3 Å². The molecule has 17 heavy (non-hydrogen) atoms. The van der Waals surface area contributed by atoms with E-state index in [9.17, 15) is 4.79 Å². The monoisotopic (exact) mass is 248 g/mol. The molecule has 0 atom stereocenters. The summed E-state index contributed by atoms with van der Waals surface area (Å²) in [5.41, 5.74) is 2.44. The highest BCUT2D eigenvalue weighted by Gasteiger charge is 2.06. The van der Waals surface area contributed by atoms with Crippen LogP contribution >= 0.6 is 11.8 Å². The number of nitrogens with one attached hydrogen (secondary N) is 1. The van der Waals surface area contributed by atoms with Crippen molar-refractivity contribution < 1.29 is 9.90 Å². The van der Waals surface area contributed by atoms with Gasteiger partial charge in [0.15, 0.2) is 5.16 Å². The van der Waals surface area contributed by atoms with Crippen molar-refractivity contribution in [1.29, 1.82) is 0 Å². The quantitative estimate of drug-likeness (QED) is 0.816. The number of aryl methyl sites for hydroxylation is 1. The van der Waals surface area contributed by atoms with E-state index in [0.29, 0.717) is 5.56 Å². The predicted molar refractivity (Wildman–Crippen MR) is 66.3 cm³/mol. The van der Waals surface area contributed by atoms with E-state index >= 15 is 0 Å². The Balaban J connectivity index is 2.09. The zero-order valence-corrected chi connectivity index (χ0v) is 10.1. The molecule has 0 aliphatic carbocycles. The largest absolute Gasteiger partial charge is 0.478 e. The molecule has 4 nitrogen and oxygen atoms in total. The van der Waals surface area contributed by atoms with Crippen LogP contribution in [0.2, 0.25) is 0 Å². The Kier molecular flexibility index (Phi) is 3.49. The summed E-state index contributed by atoms with van der Waals surface area (Å²) in [6.45, 7) is 1.92. The minimum Gasteiger partial charge on any atom is -0.478 e. The molecule has 2 N–H and O–H groups in total. The zero-order chi connectivity index (χ0) is 12.3. The van der Waals surface area contributed by atoms with E-state index in [0.717, 1.165) is 22.0 Å². The number of carboxylic acid groups (broad SMARTS) is 1. The van der Waals surface area contributed by atoms with E-state index in [4.69, 9.17) is 5.11 Å². The smallest absolute Gasteiger partial charge is 0.335 e. The van der Waals surface area contributed by atoms with Gasteiger partial charge in [0, 0.05) is 18.1 Å². The number of H-pyrrole nitrogens is 1. The molecule has 5 heteroatoms. The van der Waals surface area contributed by atoms with Crippen LogP contribution in [-0.2, 0) is 5.75 Å². The number of imidazole rings is 1. The summed E-state index contributed by atoms with van der Waals surface area (Å²) in [6.07, 6.45) is 3.49. The van der Waals surface area contributed by atoms with Gasteiger partial charge >= 0.3 is 5.97 Å². The average Bonchev–Trinajstić information content (AvgIpc) is 2.80.